The third-order valence-corrected chi connectivity index (χ3v) is 5.47. The van der Waals surface area contributed by atoms with E-state index in [1.807, 2.05) is 0 Å². The molecule has 0 saturated carbocycles. The van der Waals surface area contributed by atoms with E-state index in [-0.39, 0.29) is 29.7 Å². The number of hydrogen-bond acceptors (Lipinski definition) is 7. The van der Waals surface area contributed by atoms with Gasteiger partial charge in [0.15, 0.2) is 5.78 Å². The maximum absolute atomic E-state index is 12.9. The normalized spacial score (nSPS) is 21.5. The highest BCUT2D eigenvalue weighted by Crippen LogP contribution is 2.44. The van der Waals surface area contributed by atoms with Crippen molar-refractivity contribution in [2.75, 3.05) is 20.3 Å². The number of ketones is 1. The first kappa shape index (κ1) is 21.1. The van der Waals surface area contributed by atoms with Crippen LogP contribution in [0.4, 0.5) is 5.69 Å². The average Bonchev–Trinajstić information content (AvgIpc) is 2.67. The van der Waals surface area contributed by atoms with Crippen molar-refractivity contribution >= 4 is 34.8 Å². The first-order valence-corrected chi connectivity index (χ1v) is 9.63. The summed E-state index contributed by atoms with van der Waals surface area (Å²) in [7, 11) is 1.49. The maximum atomic E-state index is 12.9. The number of methoxy groups -OCH3 is 1. The summed E-state index contributed by atoms with van der Waals surface area (Å²) >= 11 is 5.96. The van der Waals surface area contributed by atoms with Gasteiger partial charge in [-0.2, -0.15) is 0 Å². The van der Waals surface area contributed by atoms with Crippen LogP contribution in [0.1, 0.15) is 37.7 Å². The molecule has 29 heavy (non-hydrogen) atoms. The molecule has 0 N–H and O–H groups in total. The minimum atomic E-state index is -0.853. The number of nitrogens with zero attached hydrogens (tertiary/aromatic N) is 2. The molecule has 154 valence electrons. The van der Waals surface area contributed by atoms with Crippen LogP contribution in [-0.2, 0) is 19.1 Å². The lowest BCUT2D eigenvalue weighted by Gasteiger charge is -2.34. The molecule has 0 spiro atoms. The third kappa shape index (κ3) is 4.23. The summed E-state index contributed by atoms with van der Waals surface area (Å²) in [6.07, 6.45) is 1.66. The number of nitro benzene ring substituents is 1. The number of carbonyl (C=O) groups is 2. The maximum Gasteiger partial charge on any atom is 0.315 e. The van der Waals surface area contributed by atoms with Gasteiger partial charge in [0.05, 0.1) is 11.5 Å². The molecule has 0 amide bonds. The van der Waals surface area contributed by atoms with E-state index >= 15 is 0 Å². The van der Waals surface area contributed by atoms with Gasteiger partial charge in [0.1, 0.15) is 17.5 Å². The summed E-state index contributed by atoms with van der Waals surface area (Å²) < 4.78 is 10.2. The van der Waals surface area contributed by atoms with Crippen molar-refractivity contribution in [3.05, 3.63) is 50.2 Å². The first-order chi connectivity index (χ1) is 13.8. The Hall–Kier alpha value is -2.58. The number of nitro groups is 1. The predicted octanol–water partition coefficient (Wildman–Crippen LogP) is 3.62. The van der Waals surface area contributed by atoms with Crippen LogP contribution in [0.5, 0.6) is 0 Å². The number of rotatable bonds is 6. The third-order valence-electron chi connectivity index (χ3n) is 5.15. The summed E-state index contributed by atoms with van der Waals surface area (Å²) in [5.41, 5.74) is 1.78. The highest BCUT2D eigenvalue weighted by atomic mass is 35.5. The summed E-state index contributed by atoms with van der Waals surface area (Å²) in [4.78, 5) is 41.0. The number of benzene rings is 1. The van der Waals surface area contributed by atoms with Gasteiger partial charge in [-0.1, -0.05) is 17.7 Å². The molecule has 3 rings (SSSR count). The van der Waals surface area contributed by atoms with Crippen molar-refractivity contribution in [1.82, 2.24) is 0 Å². The minimum Gasteiger partial charge on any atom is -0.463 e. The average molecular weight is 421 g/mol. The van der Waals surface area contributed by atoms with Gasteiger partial charge in [-0.25, -0.2) is 0 Å². The lowest BCUT2D eigenvalue weighted by atomic mass is 9.71. The standard InChI is InChI=1S/C20H21ClN2O6/c1-11-17(20(25)29-9-8-28-2)18(19-14(22-11)4-3-5-16(19)24)12-6-7-13(21)15(10-12)23(26)27/h6-7,10,17-18H,3-5,8-9H2,1-2H3/t17?,18-/m0/s1. The van der Waals surface area contributed by atoms with E-state index in [2.05, 4.69) is 4.99 Å². The Morgan fingerprint density at radius 2 is 2.10 bits per heavy atom. The summed E-state index contributed by atoms with van der Waals surface area (Å²) in [5, 5.41) is 11.4. The number of esters is 1. The molecule has 1 heterocycles. The van der Waals surface area contributed by atoms with E-state index in [4.69, 9.17) is 21.1 Å². The molecule has 0 radical (unpaired) electrons. The van der Waals surface area contributed by atoms with Crippen molar-refractivity contribution in [2.45, 2.75) is 32.1 Å². The fraction of sp³-hybridized carbons (Fsp3) is 0.450. The Balaban J connectivity index is 2.11. The number of halogens is 1. The van der Waals surface area contributed by atoms with E-state index in [0.29, 0.717) is 41.8 Å². The van der Waals surface area contributed by atoms with Crippen LogP contribution >= 0.6 is 11.6 Å². The molecule has 9 heteroatoms. The number of aliphatic imine (C=N–C) groups is 1. The van der Waals surface area contributed by atoms with E-state index in [0.717, 1.165) is 0 Å². The Morgan fingerprint density at radius 3 is 2.79 bits per heavy atom. The quantitative estimate of drug-likeness (QED) is 0.301. The number of allylic oxidation sites excluding steroid dienone is 2. The van der Waals surface area contributed by atoms with Gasteiger partial charge in [-0.15, -0.1) is 0 Å². The van der Waals surface area contributed by atoms with Crippen LogP contribution in [0.15, 0.2) is 34.5 Å². The molecule has 2 aliphatic rings. The monoisotopic (exact) mass is 420 g/mol. The highest BCUT2D eigenvalue weighted by Gasteiger charge is 2.43. The summed E-state index contributed by atoms with van der Waals surface area (Å²) in [6, 6.07) is 4.35. The van der Waals surface area contributed by atoms with E-state index in [9.17, 15) is 19.7 Å². The fourth-order valence-corrected chi connectivity index (χ4v) is 4.04. The molecular formula is C20H21ClN2O6. The smallest absolute Gasteiger partial charge is 0.315 e. The largest absolute Gasteiger partial charge is 0.463 e. The van der Waals surface area contributed by atoms with Crippen LogP contribution in [0.25, 0.3) is 0 Å². The second kappa shape index (κ2) is 8.84. The fourth-order valence-electron chi connectivity index (χ4n) is 3.85. The SMILES string of the molecule is COCCOC(=O)C1C(C)=NC2=C(C(=O)CCC2)[C@H]1c1ccc(Cl)c([N+](=O)[O-])c1. The zero-order valence-electron chi connectivity index (χ0n) is 16.1. The van der Waals surface area contributed by atoms with Crippen LogP contribution in [0.2, 0.25) is 5.02 Å². The lowest BCUT2D eigenvalue weighted by Crippen LogP contribution is -2.37. The van der Waals surface area contributed by atoms with Crippen molar-refractivity contribution in [2.24, 2.45) is 10.9 Å². The molecule has 8 nitrogen and oxygen atoms in total. The van der Waals surface area contributed by atoms with E-state index < -0.39 is 22.7 Å². The molecule has 1 aromatic rings. The van der Waals surface area contributed by atoms with Gasteiger partial charge in [0.2, 0.25) is 0 Å². The Bertz CT molecular complexity index is 924. The topological polar surface area (TPSA) is 108 Å². The van der Waals surface area contributed by atoms with Crippen LogP contribution < -0.4 is 0 Å². The zero-order valence-corrected chi connectivity index (χ0v) is 16.9. The predicted molar refractivity (Wildman–Crippen MR) is 106 cm³/mol. The minimum absolute atomic E-state index is 0.0108. The molecular weight excluding hydrogens is 400 g/mol. The number of hydrogen-bond donors (Lipinski definition) is 0. The van der Waals surface area contributed by atoms with Crippen molar-refractivity contribution in [1.29, 1.82) is 0 Å². The van der Waals surface area contributed by atoms with Crippen LogP contribution in [0.3, 0.4) is 0 Å². The Kier molecular flexibility index (Phi) is 6.44. The molecule has 2 atom stereocenters. The molecule has 0 saturated heterocycles. The number of ether oxygens (including phenoxy) is 2. The highest BCUT2D eigenvalue weighted by molar-refractivity contribution is 6.32. The molecule has 0 aromatic heterocycles. The molecule has 1 aliphatic heterocycles. The molecule has 0 bridgehead atoms. The van der Waals surface area contributed by atoms with Gasteiger partial charge in [-0.05, 0) is 31.4 Å². The van der Waals surface area contributed by atoms with E-state index in [1.165, 1.54) is 19.2 Å². The van der Waals surface area contributed by atoms with Crippen molar-refractivity contribution in [3.8, 4) is 0 Å². The molecule has 1 aromatic carbocycles. The second-order valence-corrected chi connectivity index (χ2v) is 7.38. The zero-order chi connectivity index (χ0) is 21.1. The second-order valence-electron chi connectivity index (χ2n) is 6.97. The van der Waals surface area contributed by atoms with E-state index in [1.54, 1.807) is 13.0 Å². The molecule has 1 unspecified atom stereocenters. The van der Waals surface area contributed by atoms with Crippen molar-refractivity contribution in [3.63, 3.8) is 0 Å². The van der Waals surface area contributed by atoms with Crippen LogP contribution in [-0.4, -0.2) is 42.7 Å². The van der Waals surface area contributed by atoms with Crippen LogP contribution in [0, 0.1) is 16.0 Å². The Labute approximate surface area is 172 Å². The van der Waals surface area contributed by atoms with Gasteiger partial charge in [0.25, 0.3) is 5.69 Å². The number of carbonyl (C=O) groups excluding carboxylic acids is 2. The summed E-state index contributed by atoms with van der Waals surface area (Å²) in [5.74, 6) is -2.20. The summed E-state index contributed by atoms with van der Waals surface area (Å²) in [6.45, 7) is 2.01. The van der Waals surface area contributed by atoms with Gasteiger partial charge in [0, 0.05) is 42.5 Å². The van der Waals surface area contributed by atoms with Gasteiger partial charge >= 0.3 is 5.97 Å². The number of Topliss-reactive ketones (excluding diaryl/α,β-unsaturated/α-hetero) is 1. The lowest BCUT2D eigenvalue weighted by molar-refractivity contribution is -0.384. The molecule has 1 aliphatic carbocycles. The van der Waals surface area contributed by atoms with Gasteiger partial charge in [-0.3, -0.25) is 24.7 Å². The van der Waals surface area contributed by atoms with Crippen molar-refractivity contribution < 1.29 is 24.0 Å². The first-order valence-electron chi connectivity index (χ1n) is 9.26. The van der Waals surface area contributed by atoms with Gasteiger partial charge < -0.3 is 9.47 Å². The molecule has 0 fully saturated rings. The Morgan fingerprint density at radius 1 is 1.34 bits per heavy atom.